The molecule has 6 heteroatoms. The standard InChI is InChI=1S/C14H13F2NO3/c1-7-5-10(16)11(6-9(7)15)17-8(2)12-3-4-13(20-12)14(18)19/h3-6,8,17H,1-2H3,(H,18,19). The molecule has 0 aliphatic rings. The lowest BCUT2D eigenvalue weighted by Crippen LogP contribution is -2.08. The normalized spacial score (nSPS) is 12.2. The molecule has 4 nitrogen and oxygen atoms in total. The fraction of sp³-hybridized carbons (Fsp3) is 0.214. The zero-order chi connectivity index (χ0) is 14.9. The number of carboxylic acids is 1. The van der Waals surface area contributed by atoms with Gasteiger partial charge in [-0.15, -0.1) is 0 Å². The van der Waals surface area contributed by atoms with Crippen molar-refractivity contribution in [2.45, 2.75) is 19.9 Å². The zero-order valence-corrected chi connectivity index (χ0v) is 10.9. The van der Waals surface area contributed by atoms with Crippen LogP contribution in [0.1, 0.15) is 34.8 Å². The number of furan rings is 1. The first-order chi connectivity index (χ1) is 9.38. The smallest absolute Gasteiger partial charge is 0.371 e. The number of halogens is 2. The summed E-state index contributed by atoms with van der Waals surface area (Å²) >= 11 is 0. The molecule has 0 saturated heterocycles. The molecule has 2 rings (SSSR count). The third kappa shape index (κ3) is 2.79. The fourth-order valence-corrected chi connectivity index (χ4v) is 1.76. The third-order valence-electron chi connectivity index (χ3n) is 2.88. The summed E-state index contributed by atoms with van der Waals surface area (Å²) in [6, 6.07) is 4.43. The van der Waals surface area contributed by atoms with Crippen LogP contribution in [0.4, 0.5) is 14.5 Å². The van der Waals surface area contributed by atoms with Crippen molar-refractivity contribution in [3.63, 3.8) is 0 Å². The molecule has 1 aromatic carbocycles. The second kappa shape index (κ2) is 5.32. The van der Waals surface area contributed by atoms with E-state index in [0.717, 1.165) is 12.1 Å². The van der Waals surface area contributed by atoms with E-state index in [1.807, 2.05) is 0 Å². The highest BCUT2D eigenvalue weighted by Gasteiger charge is 2.16. The van der Waals surface area contributed by atoms with Crippen LogP contribution in [0, 0.1) is 18.6 Å². The SMILES string of the molecule is Cc1cc(F)c(NC(C)c2ccc(C(=O)O)o2)cc1F. The number of hydrogen-bond donors (Lipinski definition) is 2. The van der Waals surface area contributed by atoms with Crippen LogP contribution < -0.4 is 5.32 Å². The second-order valence-corrected chi connectivity index (χ2v) is 4.45. The Hall–Kier alpha value is -2.37. The Morgan fingerprint density at radius 3 is 2.60 bits per heavy atom. The average Bonchev–Trinajstić information content (AvgIpc) is 2.85. The van der Waals surface area contributed by atoms with Gasteiger partial charge in [-0.1, -0.05) is 0 Å². The largest absolute Gasteiger partial charge is 0.475 e. The van der Waals surface area contributed by atoms with Crippen LogP contribution in [0.2, 0.25) is 0 Å². The van der Waals surface area contributed by atoms with Crippen molar-refractivity contribution in [1.82, 2.24) is 0 Å². The van der Waals surface area contributed by atoms with E-state index in [1.54, 1.807) is 6.92 Å². The molecule has 2 N–H and O–H groups in total. The molecule has 2 aromatic rings. The summed E-state index contributed by atoms with van der Waals surface area (Å²) < 4.78 is 32.2. The van der Waals surface area contributed by atoms with Gasteiger partial charge in [0.15, 0.2) is 0 Å². The maximum atomic E-state index is 13.7. The van der Waals surface area contributed by atoms with Gasteiger partial charge in [-0.3, -0.25) is 0 Å². The maximum absolute atomic E-state index is 13.7. The molecule has 0 saturated carbocycles. The van der Waals surface area contributed by atoms with Crippen molar-refractivity contribution in [2.75, 3.05) is 5.32 Å². The van der Waals surface area contributed by atoms with Gasteiger partial charge in [0.1, 0.15) is 17.4 Å². The molecule has 1 aromatic heterocycles. The Morgan fingerprint density at radius 2 is 2.00 bits per heavy atom. The van der Waals surface area contributed by atoms with E-state index in [1.165, 1.54) is 19.1 Å². The molecule has 0 bridgehead atoms. The topological polar surface area (TPSA) is 62.5 Å². The Balaban J connectivity index is 2.20. The maximum Gasteiger partial charge on any atom is 0.371 e. The molecule has 1 heterocycles. The van der Waals surface area contributed by atoms with E-state index in [-0.39, 0.29) is 17.0 Å². The molecule has 0 aliphatic heterocycles. The Labute approximate surface area is 114 Å². The first kappa shape index (κ1) is 14.0. The molecule has 1 unspecified atom stereocenters. The van der Waals surface area contributed by atoms with Crippen LogP contribution >= 0.6 is 0 Å². The molecule has 0 aliphatic carbocycles. The highest BCUT2D eigenvalue weighted by Crippen LogP contribution is 2.25. The Morgan fingerprint density at radius 1 is 1.30 bits per heavy atom. The molecular weight excluding hydrogens is 268 g/mol. The number of aromatic carboxylic acids is 1. The predicted octanol–water partition coefficient (Wildman–Crippen LogP) is 3.74. The predicted molar refractivity (Wildman–Crippen MR) is 68.8 cm³/mol. The lowest BCUT2D eigenvalue weighted by molar-refractivity contribution is 0.0660. The minimum absolute atomic E-state index is 0.00567. The van der Waals surface area contributed by atoms with Crippen LogP contribution in [0.15, 0.2) is 28.7 Å². The van der Waals surface area contributed by atoms with Crippen LogP contribution in [-0.2, 0) is 0 Å². The molecule has 0 spiro atoms. The van der Waals surface area contributed by atoms with E-state index in [4.69, 9.17) is 9.52 Å². The lowest BCUT2D eigenvalue weighted by Gasteiger charge is -2.14. The summed E-state index contributed by atoms with van der Waals surface area (Å²) in [6.07, 6.45) is 0. The first-order valence-electron chi connectivity index (χ1n) is 5.93. The van der Waals surface area contributed by atoms with Gasteiger partial charge in [0, 0.05) is 6.07 Å². The number of aryl methyl sites for hydroxylation is 1. The number of carboxylic acid groups (broad SMARTS) is 1. The van der Waals surface area contributed by atoms with Gasteiger partial charge in [0.05, 0.1) is 11.7 Å². The van der Waals surface area contributed by atoms with E-state index in [0.29, 0.717) is 5.76 Å². The van der Waals surface area contributed by atoms with Crippen molar-refractivity contribution in [3.05, 3.63) is 53.0 Å². The van der Waals surface area contributed by atoms with E-state index in [9.17, 15) is 13.6 Å². The molecule has 0 amide bonds. The van der Waals surface area contributed by atoms with E-state index >= 15 is 0 Å². The molecule has 0 radical (unpaired) electrons. The number of rotatable bonds is 4. The molecule has 20 heavy (non-hydrogen) atoms. The highest BCUT2D eigenvalue weighted by molar-refractivity contribution is 5.84. The molecule has 1 atom stereocenters. The van der Waals surface area contributed by atoms with Crippen molar-refractivity contribution in [2.24, 2.45) is 0 Å². The van der Waals surface area contributed by atoms with Gasteiger partial charge in [-0.2, -0.15) is 0 Å². The summed E-state index contributed by atoms with van der Waals surface area (Å²) in [5.74, 6) is -2.17. The highest BCUT2D eigenvalue weighted by atomic mass is 19.1. The van der Waals surface area contributed by atoms with Crippen molar-refractivity contribution in [3.8, 4) is 0 Å². The summed E-state index contributed by atoms with van der Waals surface area (Å²) in [4.78, 5) is 10.7. The monoisotopic (exact) mass is 281 g/mol. The Kier molecular flexibility index (Phi) is 3.74. The number of benzene rings is 1. The van der Waals surface area contributed by atoms with E-state index < -0.39 is 23.6 Å². The van der Waals surface area contributed by atoms with Gasteiger partial charge in [0.2, 0.25) is 5.76 Å². The number of hydrogen-bond acceptors (Lipinski definition) is 3. The van der Waals surface area contributed by atoms with E-state index in [2.05, 4.69) is 5.32 Å². The van der Waals surface area contributed by atoms with Gasteiger partial charge in [-0.25, -0.2) is 13.6 Å². The minimum atomic E-state index is -1.18. The minimum Gasteiger partial charge on any atom is -0.475 e. The summed E-state index contributed by atoms with van der Waals surface area (Å²) in [7, 11) is 0. The van der Waals surface area contributed by atoms with Crippen LogP contribution in [0.25, 0.3) is 0 Å². The molecular formula is C14H13F2NO3. The number of anilines is 1. The summed E-state index contributed by atoms with van der Waals surface area (Å²) in [5.41, 5.74) is 0.209. The summed E-state index contributed by atoms with van der Waals surface area (Å²) in [5, 5.41) is 11.5. The van der Waals surface area contributed by atoms with Crippen LogP contribution in [0.5, 0.6) is 0 Å². The van der Waals surface area contributed by atoms with Gasteiger partial charge in [-0.05, 0) is 37.6 Å². The zero-order valence-electron chi connectivity index (χ0n) is 10.9. The lowest BCUT2D eigenvalue weighted by atomic mass is 10.1. The molecule has 106 valence electrons. The number of carbonyl (C=O) groups is 1. The van der Waals surface area contributed by atoms with Crippen LogP contribution in [-0.4, -0.2) is 11.1 Å². The number of nitrogens with one attached hydrogen (secondary N) is 1. The van der Waals surface area contributed by atoms with Crippen LogP contribution in [0.3, 0.4) is 0 Å². The quantitative estimate of drug-likeness (QED) is 0.896. The first-order valence-corrected chi connectivity index (χ1v) is 5.93. The summed E-state index contributed by atoms with van der Waals surface area (Å²) in [6.45, 7) is 3.12. The van der Waals surface area contributed by atoms with Gasteiger partial charge < -0.3 is 14.8 Å². The van der Waals surface area contributed by atoms with Crippen molar-refractivity contribution in [1.29, 1.82) is 0 Å². The van der Waals surface area contributed by atoms with Crippen molar-refractivity contribution < 1.29 is 23.1 Å². The van der Waals surface area contributed by atoms with Gasteiger partial charge in [0.25, 0.3) is 0 Å². The Bertz CT molecular complexity index is 652. The van der Waals surface area contributed by atoms with Gasteiger partial charge >= 0.3 is 5.97 Å². The molecule has 0 fully saturated rings. The second-order valence-electron chi connectivity index (χ2n) is 4.45. The van der Waals surface area contributed by atoms with Crippen molar-refractivity contribution >= 4 is 11.7 Å². The average molecular weight is 281 g/mol. The fourth-order valence-electron chi connectivity index (χ4n) is 1.76. The third-order valence-corrected chi connectivity index (χ3v) is 2.88.